The van der Waals surface area contributed by atoms with Crippen molar-refractivity contribution in [2.24, 2.45) is 0 Å². The molecule has 1 atom stereocenters. The van der Waals surface area contributed by atoms with Gasteiger partial charge in [-0.05, 0) is 30.9 Å². The Hall–Kier alpha value is -4.07. The summed E-state index contributed by atoms with van der Waals surface area (Å²) >= 11 is 0. The van der Waals surface area contributed by atoms with Gasteiger partial charge in [0.15, 0.2) is 6.04 Å². The van der Waals surface area contributed by atoms with Gasteiger partial charge < -0.3 is 19.9 Å². The van der Waals surface area contributed by atoms with Crippen LogP contribution in [0.15, 0.2) is 84.9 Å². The maximum atomic E-state index is 14.2. The molecule has 0 spiro atoms. The molecule has 1 aliphatic rings. The fourth-order valence-corrected chi connectivity index (χ4v) is 5.28. The minimum Gasteiger partial charge on any atom is -0.633 e. The minimum absolute atomic E-state index is 0.124. The average molecular weight is 510 g/mol. The highest BCUT2D eigenvalue weighted by atomic mass is 16.5. The molecule has 1 amide bonds. The molecule has 1 aliphatic heterocycles. The third-order valence-corrected chi connectivity index (χ3v) is 7.19. The molecule has 194 valence electrons. The number of esters is 1. The third-order valence-electron chi connectivity index (χ3n) is 7.19. The second-order valence-electron chi connectivity index (χ2n) is 9.76. The number of para-hydroxylation sites is 1. The molecule has 38 heavy (non-hydrogen) atoms. The monoisotopic (exact) mass is 509 g/mol. The molecule has 1 fully saturated rings. The predicted molar refractivity (Wildman–Crippen MR) is 147 cm³/mol. The molecule has 3 aromatic carbocycles. The molecule has 7 heteroatoms. The topological polar surface area (TPSA) is 91.3 Å². The van der Waals surface area contributed by atoms with Crippen LogP contribution in [0.2, 0.25) is 0 Å². The summed E-state index contributed by atoms with van der Waals surface area (Å²) in [6.07, 6.45) is 2.74. The molecule has 1 aromatic heterocycles. The van der Waals surface area contributed by atoms with Crippen LogP contribution in [0.1, 0.15) is 46.8 Å². The molecule has 0 saturated carbocycles. The van der Waals surface area contributed by atoms with Crippen LogP contribution in [-0.2, 0) is 16.1 Å². The fourth-order valence-electron chi connectivity index (χ4n) is 5.28. The summed E-state index contributed by atoms with van der Waals surface area (Å²) in [7, 11) is 1.30. The van der Waals surface area contributed by atoms with Crippen molar-refractivity contribution in [3.8, 4) is 11.3 Å². The van der Waals surface area contributed by atoms with Crippen LogP contribution in [0.5, 0.6) is 0 Å². The van der Waals surface area contributed by atoms with Gasteiger partial charge >= 0.3 is 5.97 Å². The molecule has 2 heterocycles. The first-order chi connectivity index (χ1) is 18.5. The van der Waals surface area contributed by atoms with Gasteiger partial charge in [-0.1, -0.05) is 78.9 Å². The first kappa shape index (κ1) is 25.6. The van der Waals surface area contributed by atoms with Gasteiger partial charge in [0, 0.05) is 16.5 Å². The number of rotatable bonds is 7. The Morgan fingerprint density at radius 2 is 1.55 bits per heavy atom. The highest BCUT2D eigenvalue weighted by Gasteiger charge is 2.31. The number of benzene rings is 3. The Kier molecular flexibility index (Phi) is 7.49. The lowest BCUT2D eigenvalue weighted by Crippen LogP contribution is -2.46. The van der Waals surface area contributed by atoms with Crippen LogP contribution in [-0.4, -0.2) is 41.7 Å². The minimum atomic E-state index is -1.00. The molecule has 7 nitrogen and oxygen atoms in total. The van der Waals surface area contributed by atoms with Crippen molar-refractivity contribution in [1.29, 1.82) is 0 Å². The molecule has 0 radical (unpaired) electrons. The Balaban J connectivity index is 1.69. The average Bonchev–Trinajstić information content (AvgIpc) is 2.96. The number of hydrogen-bond donors (Lipinski definition) is 1. The lowest BCUT2D eigenvalue weighted by molar-refractivity contribution is -0.898. The number of carbonyl (C=O) groups is 2. The highest BCUT2D eigenvalue weighted by Crippen LogP contribution is 2.34. The second-order valence-corrected chi connectivity index (χ2v) is 9.76. The first-order valence-electron chi connectivity index (χ1n) is 13.0. The van der Waals surface area contributed by atoms with Gasteiger partial charge in [0.1, 0.15) is 6.54 Å². The summed E-state index contributed by atoms with van der Waals surface area (Å²) in [4.78, 5) is 31.9. The number of pyridine rings is 1. The smallest absolute Gasteiger partial charge is 0.333 e. The van der Waals surface area contributed by atoms with E-state index in [9.17, 15) is 14.8 Å². The Morgan fingerprint density at radius 1 is 0.921 bits per heavy atom. The standard InChI is InChI=1S/C31H31N3O4/c1-38-31(36)29(23-15-7-3-8-16-23)33-30(35)27-24-17-9-10-18-26(24)32-28(22-13-5-2-6-14-22)25(27)21-34(37)19-11-4-12-20-34/h2-3,5-10,13-18,29H,4,11-12,19-21H2,1H3,(H,33,35). The number of fused-ring (bicyclic) bond motifs is 1. The van der Waals surface area contributed by atoms with E-state index in [1.807, 2.05) is 60.7 Å². The number of piperidine rings is 1. The quantitative estimate of drug-likeness (QED) is 0.201. The van der Waals surface area contributed by atoms with Gasteiger partial charge in [0.05, 0.1) is 37.0 Å². The van der Waals surface area contributed by atoms with Crippen molar-refractivity contribution < 1.29 is 19.0 Å². The van der Waals surface area contributed by atoms with E-state index < -0.39 is 22.6 Å². The van der Waals surface area contributed by atoms with E-state index in [0.29, 0.717) is 46.4 Å². The number of hydroxylamine groups is 3. The molecule has 1 saturated heterocycles. The van der Waals surface area contributed by atoms with Crippen LogP contribution in [0.25, 0.3) is 22.2 Å². The van der Waals surface area contributed by atoms with Gasteiger partial charge in [0.25, 0.3) is 5.91 Å². The van der Waals surface area contributed by atoms with Gasteiger partial charge in [-0.25, -0.2) is 9.78 Å². The molecular weight excluding hydrogens is 478 g/mol. The SMILES string of the molecule is COC(=O)C(NC(=O)c1c(C[N+]2([O-])CCCCC2)c(-c2ccccc2)nc2ccccc12)c1ccccc1. The van der Waals surface area contributed by atoms with Crippen molar-refractivity contribution >= 4 is 22.8 Å². The number of quaternary nitrogens is 1. The molecule has 5 rings (SSSR count). The van der Waals surface area contributed by atoms with Crippen molar-refractivity contribution in [3.05, 3.63) is 107 Å². The van der Waals surface area contributed by atoms with E-state index in [0.717, 1.165) is 24.8 Å². The lowest BCUT2D eigenvalue weighted by atomic mass is 9.94. The molecule has 0 aliphatic carbocycles. The number of methoxy groups -OCH3 is 1. The number of nitrogens with zero attached hydrogens (tertiary/aromatic N) is 2. The summed E-state index contributed by atoms with van der Waals surface area (Å²) in [5.41, 5.74) is 3.67. The van der Waals surface area contributed by atoms with Crippen molar-refractivity contribution in [3.63, 3.8) is 0 Å². The summed E-state index contributed by atoms with van der Waals surface area (Å²) in [5.74, 6) is -1.02. The van der Waals surface area contributed by atoms with Gasteiger partial charge in [-0.15, -0.1) is 0 Å². The Labute approximate surface area is 222 Å². The number of hydrogen-bond acceptors (Lipinski definition) is 5. The molecule has 1 unspecified atom stereocenters. The molecule has 4 aromatic rings. The Morgan fingerprint density at radius 3 is 2.24 bits per heavy atom. The fraction of sp³-hybridized carbons (Fsp3) is 0.258. The predicted octanol–water partition coefficient (Wildman–Crippen LogP) is 5.54. The maximum absolute atomic E-state index is 14.2. The van der Waals surface area contributed by atoms with Gasteiger partial charge in [-0.3, -0.25) is 4.79 Å². The second kappa shape index (κ2) is 11.1. The van der Waals surface area contributed by atoms with E-state index in [2.05, 4.69) is 5.32 Å². The normalized spacial score (nSPS) is 15.5. The summed E-state index contributed by atoms with van der Waals surface area (Å²) in [6, 6.07) is 25.1. The third kappa shape index (κ3) is 5.30. The van der Waals surface area contributed by atoms with Crippen LogP contribution in [0.3, 0.4) is 0 Å². The lowest BCUT2D eigenvalue weighted by Gasteiger charge is -2.46. The number of likely N-dealkylation sites (tertiary alicyclic amines) is 1. The summed E-state index contributed by atoms with van der Waals surface area (Å²) in [6.45, 7) is 1.12. The number of aromatic nitrogens is 1. The van der Waals surface area contributed by atoms with Crippen LogP contribution >= 0.6 is 0 Å². The number of ether oxygens (including phenoxy) is 1. The number of nitrogens with one attached hydrogen (secondary N) is 1. The zero-order valence-corrected chi connectivity index (χ0v) is 21.4. The van der Waals surface area contributed by atoms with Crippen molar-refractivity contribution in [1.82, 2.24) is 10.3 Å². The maximum Gasteiger partial charge on any atom is 0.333 e. The first-order valence-corrected chi connectivity index (χ1v) is 13.0. The van der Waals surface area contributed by atoms with Gasteiger partial charge in [0.2, 0.25) is 0 Å². The zero-order chi connectivity index (χ0) is 26.5. The molecular formula is C31H31N3O4. The van der Waals surface area contributed by atoms with Crippen LogP contribution in [0.4, 0.5) is 0 Å². The van der Waals surface area contributed by atoms with Crippen LogP contribution < -0.4 is 5.32 Å². The largest absolute Gasteiger partial charge is 0.633 e. The van der Waals surface area contributed by atoms with Crippen molar-refractivity contribution in [2.75, 3.05) is 20.2 Å². The van der Waals surface area contributed by atoms with Gasteiger partial charge in [-0.2, -0.15) is 0 Å². The van der Waals surface area contributed by atoms with E-state index in [1.165, 1.54) is 7.11 Å². The highest BCUT2D eigenvalue weighted by molar-refractivity contribution is 6.10. The van der Waals surface area contributed by atoms with Crippen molar-refractivity contribution in [2.45, 2.75) is 31.8 Å². The van der Waals surface area contributed by atoms with E-state index in [1.54, 1.807) is 24.3 Å². The van der Waals surface area contributed by atoms with Crippen LogP contribution in [0, 0.1) is 5.21 Å². The Bertz CT molecular complexity index is 1430. The number of amides is 1. The van der Waals surface area contributed by atoms with E-state index in [4.69, 9.17) is 9.72 Å². The molecule has 0 bridgehead atoms. The number of carbonyl (C=O) groups excluding carboxylic acids is 2. The summed E-state index contributed by atoms with van der Waals surface area (Å²) < 4.78 is 4.63. The van der Waals surface area contributed by atoms with E-state index in [-0.39, 0.29) is 6.54 Å². The molecule has 1 N–H and O–H groups in total. The summed E-state index contributed by atoms with van der Waals surface area (Å²) in [5, 5.41) is 17.4. The zero-order valence-electron chi connectivity index (χ0n) is 21.4. The van der Waals surface area contributed by atoms with E-state index >= 15 is 0 Å².